The maximum absolute atomic E-state index is 10.7. The summed E-state index contributed by atoms with van der Waals surface area (Å²) in [5.74, 6) is 0.519. The Hall–Kier alpha value is -0.790. The first-order valence-electron chi connectivity index (χ1n) is 3.57. The third-order valence-corrected chi connectivity index (χ3v) is 1.00. The second kappa shape index (κ2) is 5.03. The van der Waals surface area contributed by atoms with E-state index >= 15 is 0 Å². The van der Waals surface area contributed by atoms with Crippen LogP contribution in [0.2, 0.25) is 0 Å². The molecule has 0 bridgehead atoms. The van der Waals surface area contributed by atoms with Gasteiger partial charge < -0.3 is 5.32 Å². The summed E-state index contributed by atoms with van der Waals surface area (Å²) >= 11 is 0. The Morgan fingerprint density at radius 1 is 1.60 bits per heavy atom. The van der Waals surface area contributed by atoms with Gasteiger partial charge in [0.15, 0.2) is 0 Å². The highest BCUT2D eigenvalue weighted by Gasteiger charge is 1.95. The van der Waals surface area contributed by atoms with Crippen molar-refractivity contribution in [1.82, 2.24) is 5.32 Å². The molecular formula is C8H15NO. The zero-order valence-electron chi connectivity index (χ0n) is 6.85. The molecule has 1 N–H and O–H groups in total. The van der Waals surface area contributed by atoms with Crippen molar-refractivity contribution in [3.63, 3.8) is 0 Å². The van der Waals surface area contributed by atoms with Crippen molar-refractivity contribution in [3.05, 3.63) is 12.2 Å². The molecule has 2 heteroatoms. The van der Waals surface area contributed by atoms with Crippen molar-refractivity contribution in [3.8, 4) is 0 Å². The fourth-order valence-electron chi connectivity index (χ4n) is 0.515. The number of allylic oxidation sites excluding steroid dienone is 1. The zero-order chi connectivity index (χ0) is 7.98. The Bertz CT molecular complexity index is 127. The van der Waals surface area contributed by atoms with Crippen molar-refractivity contribution in [2.45, 2.75) is 20.8 Å². The molecule has 1 amide bonds. The quantitative estimate of drug-likeness (QED) is 0.590. The van der Waals surface area contributed by atoms with Gasteiger partial charge in [0.2, 0.25) is 5.91 Å². The Balaban J connectivity index is 3.40. The number of hydrogen-bond acceptors (Lipinski definition) is 1. The predicted octanol–water partition coefficient (Wildman–Crippen LogP) is 1.33. The lowest BCUT2D eigenvalue weighted by Gasteiger charge is -2.03. The number of nitrogens with one attached hydrogen (secondary N) is 1. The van der Waals surface area contributed by atoms with Crippen molar-refractivity contribution in [1.29, 1.82) is 0 Å². The number of carbonyl (C=O) groups excluding carboxylic acids is 1. The summed E-state index contributed by atoms with van der Waals surface area (Å²) in [7, 11) is 0. The average molecular weight is 141 g/mol. The maximum atomic E-state index is 10.7. The minimum absolute atomic E-state index is 0.00352. The van der Waals surface area contributed by atoms with Crippen LogP contribution in [0.1, 0.15) is 20.8 Å². The molecule has 58 valence electrons. The second-order valence-corrected chi connectivity index (χ2v) is 2.64. The molecule has 0 aromatic carbocycles. The third-order valence-electron chi connectivity index (χ3n) is 1.00. The number of amides is 1. The number of hydrogen-bond donors (Lipinski definition) is 1. The molecule has 10 heavy (non-hydrogen) atoms. The van der Waals surface area contributed by atoms with E-state index in [1.165, 1.54) is 6.08 Å². The van der Waals surface area contributed by atoms with E-state index in [1.54, 1.807) is 6.08 Å². The van der Waals surface area contributed by atoms with E-state index in [9.17, 15) is 4.79 Å². The van der Waals surface area contributed by atoms with E-state index in [-0.39, 0.29) is 5.91 Å². The summed E-state index contributed by atoms with van der Waals surface area (Å²) in [5, 5.41) is 2.76. The third kappa shape index (κ3) is 5.35. The summed E-state index contributed by atoms with van der Waals surface area (Å²) < 4.78 is 0. The van der Waals surface area contributed by atoms with Gasteiger partial charge in [-0.05, 0) is 18.9 Å². The molecule has 2 nitrogen and oxygen atoms in total. The van der Waals surface area contributed by atoms with E-state index in [1.807, 2.05) is 6.92 Å². The molecular weight excluding hydrogens is 126 g/mol. The minimum Gasteiger partial charge on any atom is -0.352 e. The van der Waals surface area contributed by atoms with Gasteiger partial charge in [0, 0.05) is 6.54 Å². The lowest BCUT2D eigenvalue weighted by Crippen LogP contribution is -2.25. The van der Waals surface area contributed by atoms with Gasteiger partial charge in [-0.2, -0.15) is 0 Å². The fourth-order valence-corrected chi connectivity index (χ4v) is 0.515. The molecule has 0 aliphatic rings. The first kappa shape index (κ1) is 9.21. The van der Waals surface area contributed by atoms with Gasteiger partial charge in [-0.3, -0.25) is 4.79 Å². The van der Waals surface area contributed by atoms with Crippen LogP contribution in [0.3, 0.4) is 0 Å². The van der Waals surface area contributed by atoms with Crippen LogP contribution in [-0.4, -0.2) is 12.5 Å². The van der Waals surface area contributed by atoms with E-state index in [2.05, 4.69) is 19.2 Å². The van der Waals surface area contributed by atoms with Gasteiger partial charge in [0.1, 0.15) is 0 Å². The molecule has 0 aromatic heterocycles. The summed E-state index contributed by atoms with van der Waals surface area (Å²) in [6.07, 6.45) is 3.26. The van der Waals surface area contributed by atoms with Gasteiger partial charge in [-0.15, -0.1) is 0 Å². The van der Waals surface area contributed by atoms with Crippen molar-refractivity contribution in [2.24, 2.45) is 5.92 Å². The van der Waals surface area contributed by atoms with Gasteiger partial charge >= 0.3 is 0 Å². The number of carbonyl (C=O) groups is 1. The van der Waals surface area contributed by atoms with Crippen molar-refractivity contribution in [2.75, 3.05) is 6.54 Å². The van der Waals surface area contributed by atoms with Crippen LogP contribution in [0.4, 0.5) is 0 Å². The molecule has 0 spiro atoms. The first-order chi connectivity index (χ1) is 4.66. The molecule has 0 atom stereocenters. The highest BCUT2D eigenvalue weighted by atomic mass is 16.1. The zero-order valence-corrected chi connectivity index (χ0v) is 6.85. The van der Waals surface area contributed by atoms with Crippen molar-refractivity contribution >= 4 is 5.91 Å². The summed E-state index contributed by atoms with van der Waals surface area (Å²) in [4.78, 5) is 10.7. The normalized spacial score (nSPS) is 10.8. The maximum Gasteiger partial charge on any atom is 0.243 e. The molecule has 0 aromatic rings. The summed E-state index contributed by atoms with van der Waals surface area (Å²) in [6, 6.07) is 0. The molecule has 0 aliphatic carbocycles. The smallest absolute Gasteiger partial charge is 0.243 e. The van der Waals surface area contributed by atoms with Crippen LogP contribution in [0.25, 0.3) is 0 Å². The predicted molar refractivity (Wildman–Crippen MR) is 42.7 cm³/mol. The molecule has 0 unspecified atom stereocenters. The topological polar surface area (TPSA) is 29.1 Å². The van der Waals surface area contributed by atoms with Crippen LogP contribution in [0.15, 0.2) is 12.2 Å². The standard InChI is InChI=1S/C8H15NO/c1-4-5-8(10)9-6-7(2)3/h4-5,7H,6H2,1-3H3,(H,9,10). The van der Waals surface area contributed by atoms with E-state index in [4.69, 9.17) is 0 Å². The minimum atomic E-state index is -0.00352. The van der Waals surface area contributed by atoms with E-state index in [0.29, 0.717) is 5.92 Å². The van der Waals surface area contributed by atoms with Crippen LogP contribution in [0.5, 0.6) is 0 Å². The highest BCUT2D eigenvalue weighted by Crippen LogP contribution is 1.86. The number of rotatable bonds is 3. The van der Waals surface area contributed by atoms with Gasteiger partial charge in [0.05, 0.1) is 0 Å². The molecule has 0 fully saturated rings. The van der Waals surface area contributed by atoms with Gasteiger partial charge in [-0.25, -0.2) is 0 Å². The van der Waals surface area contributed by atoms with Crippen LogP contribution in [-0.2, 0) is 4.79 Å². The largest absolute Gasteiger partial charge is 0.352 e. The first-order valence-corrected chi connectivity index (χ1v) is 3.57. The van der Waals surface area contributed by atoms with Crippen molar-refractivity contribution < 1.29 is 4.79 Å². The Labute approximate surface area is 62.3 Å². The molecule has 0 rings (SSSR count). The molecule has 0 heterocycles. The lowest BCUT2D eigenvalue weighted by atomic mass is 10.2. The SMILES string of the molecule is CC=CC(=O)NCC(C)C. The van der Waals surface area contributed by atoms with Crippen LogP contribution in [0, 0.1) is 5.92 Å². The summed E-state index contributed by atoms with van der Waals surface area (Å²) in [5.41, 5.74) is 0. The molecule has 0 aliphatic heterocycles. The van der Waals surface area contributed by atoms with E-state index < -0.39 is 0 Å². The monoisotopic (exact) mass is 141 g/mol. The van der Waals surface area contributed by atoms with E-state index in [0.717, 1.165) is 6.54 Å². The fraction of sp³-hybridized carbons (Fsp3) is 0.625. The molecule has 0 saturated carbocycles. The second-order valence-electron chi connectivity index (χ2n) is 2.64. The molecule has 0 saturated heterocycles. The Morgan fingerprint density at radius 2 is 2.20 bits per heavy atom. The molecule has 0 radical (unpaired) electrons. The van der Waals surface area contributed by atoms with Crippen LogP contribution < -0.4 is 5.32 Å². The van der Waals surface area contributed by atoms with Crippen LogP contribution >= 0.6 is 0 Å². The Morgan fingerprint density at radius 3 is 2.60 bits per heavy atom. The highest BCUT2D eigenvalue weighted by molar-refractivity contribution is 5.87. The summed E-state index contributed by atoms with van der Waals surface area (Å²) in [6.45, 7) is 6.71. The van der Waals surface area contributed by atoms with Gasteiger partial charge in [-0.1, -0.05) is 19.9 Å². The Kier molecular flexibility index (Phi) is 4.63. The lowest BCUT2D eigenvalue weighted by molar-refractivity contribution is -0.116. The van der Waals surface area contributed by atoms with Gasteiger partial charge in [0.25, 0.3) is 0 Å². The average Bonchev–Trinajstić information content (AvgIpc) is 1.85.